The number of nitrogens with zero attached hydrogens (tertiary/aromatic N) is 4. The van der Waals surface area contributed by atoms with Gasteiger partial charge in [-0.25, -0.2) is 15.0 Å². The number of anilines is 1. The zero-order valence-corrected chi connectivity index (χ0v) is 20.7. The molecule has 0 saturated carbocycles. The lowest BCUT2D eigenvalue weighted by molar-refractivity contribution is -0.889. The monoisotopic (exact) mass is 490 g/mol. The Morgan fingerprint density at radius 2 is 1.82 bits per heavy atom. The number of nitrogen functional groups attached to an aromatic ring is 1. The lowest BCUT2D eigenvalue weighted by Crippen LogP contribution is -2.46. The molecule has 4 N–H and O–H groups in total. The number of nitrogens with two attached hydrogens (primary N) is 1. The van der Waals surface area contributed by atoms with Gasteiger partial charge in [0.05, 0.1) is 47.3 Å². The number of rotatable bonds is 13. The van der Waals surface area contributed by atoms with Crippen LogP contribution in [0.3, 0.4) is 0 Å². The molecule has 184 valence electrons. The number of aliphatic imine (C=N–C) groups is 1. The van der Waals surface area contributed by atoms with Crippen LogP contribution in [0.4, 0.5) is 11.6 Å². The van der Waals surface area contributed by atoms with Gasteiger partial charge >= 0.3 is 0 Å². The molecule has 34 heavy (non-hydrogen) atoms. The number of carbonyl (C=O) groups excluding carboxylic acids is 2. The van der Waals surface area contributed by atoms with Crippen LogP contribution in [0.25, 0.3) is 0 Å². The third kappa shape index (κ3) is 8.60. The third-order valence-electron chi connectivity index (χ3n) is 5.26. The smallest absolute Gasteiger partial charge is 0.274 e. The normalized spacial score (nSPS) is 11.1. The van der Waals surface area contributed by atoms with Crippen LogP contribution in [-0.4, -0.2) is 80.4 Å². The van der Waals surface area contributed by atoms with E-state index in [-0.39, 0.29) is 28.4 Å². The summed E-state index contributed by atoms with van der Waals surface area (Å²) in [7, 11) is 5.79. The number of hydrogen-bond acceptors (Lipinski definition) is 7. The summed E-state index contributed by atoms with van der Waals surface area (Å²) in [4.78, 5) is 36.1. The van der Waals surface area contributed by atoms with Gasteiger partial charge in [-0.05, 0) is 37.3 Å². The van der Waals surface area contributed by atoms with Gasteiger partial charge in [0, 0.05) is 6.54 Å². The van der Waals surface area contributed by atoms with Gasteiger partial charge in [-0.15, -0.1) is 0 Å². The van der Waals surface area contributed by atoms with Crippen LogP contribution >= 0.6 is 11.6 Å². The summed E-state index contributed by atoms with van der Waals surface area (Å²) in [5, 5.41) is 5.72. The van der Waals surface area contributed by atoms with Crippen LogP contribution in [0.15, 0.2) is 29.3 Å². The molecule has 10 nitrogen and oxygen atoms in total. The minimum atomic E-state index is -0.434. The summed E-state index contributed by atoms with van der Waals surface area (Å²) >= 11 is 5.87. The quantitative estimate of drug-likeness (QED) is 0.223. The van der Waals surface area contributed by atoms with Gasteiger partial charge in [-0.2, -0.15) is 0 Å². The SMILES string of the molecule is C=Nc1nc(N)c(Cl)nc1C(=O)NCC[N+](C)(C)CCCCNC(=O)Cc1ccc(OC)cc1. The number of quaternary nitrogens is 1. The number of unbranched alkanes of at least 4 members (excludes halogenated alkanes) is 1. The van der Waals surface area contributed by atoms with Crippen LogP contribution in [0, 0.1) is 0 Å². The summed E-state index contributed by atoms with van der Waals surface area (Å²) in [6, 6.07) is 7.47. The average Bonchev–Trinajstić information content (AvgIpc) is 2.80. The largest absolute Gasteiger partial charge is 0.497 e. The molecule has 0 aliphatic carbocycles. The summed E-state index contributed by atoms with van der Waals surface area (Å²) in [5.41, 5.74) is 6.53. The van der Waals surface area contributed by atoms with Gasteiger partial charge < -0.3 is 25.6 Å². The van der Waals surface area contributed by atoms with Crippen molar-refractivity contribution in [2.75, 3.05) is 53.1 Å². The second-order valence-corrected chi connectivity index (χ2v) is 8.81. The standard InChI is InChI=1S/C23H32ClN7O3/c1-26-22-19(29-20(24)21(25)30-22)23(33)28-12-14-31(2,3)13-6-5-11-27-18(32)15-16-7-9-17(34-4)10-8-16/h7-10H,1,5-6,11-15H2,2-4H3,(H3-,25,27,28,30,32,33)/p+1. The molecule has 2 rings (SSSR count). The first kappa shape index (κ1) is 27.0. The zero-order valence-electron chi connectivity index (χ0n) is 19.9. The molecule has 1 aromatic carbocycles. The Labute approximate surface area is 205 Å². The highest BCUT2D eigenvalue weighted by Gasteiger charge is 2.19. The molecule has 1 heterocycles. The second kappa shape index (κ2) is 12.9. The summed E-state index contributed by atoms with van der Waals surface area (Å²) in [5.74, 6) is 0.376. The van der Waals surface area contributed by atoms with Crippen molar-refractivity contribution in [3.8, 4) is 5.75 Å². The maximum absolute atomic E-state index is 12.4. The lowest BCUT2D eigenvalue weighted by Gasteiger charge is -2.30. The third-order valence-corrected chi connectivity index (χ3v) is 5.54. The number of methoxy groups -OCH3 is 1. The van der Waals surface area contributed by atoms with E-state index in [0.29, 0.717) is 30.5 Å². The number of likely N-dealkylation sites (N-methyl/N-ethyl adjacent to an activating group) is 1. The number of aromatic nitrogens is 2. The minimum Gasteiger partial charge on any atom is -0.497 e. The van der Waals surface area contributed by atoms with Gasteiger partial charge in [0.15, 0.2) is 22.5 Å². The molecule has 2 aromatic rings. The van der Waals surface area contributed by atoms with E-state index in [0.717, 1.165) is 30.7 Å². The van der Waals surface area contributed by atoms with Crippen LogP contribution in [-0.2, 0) is 11.2 Å². The van der Waals surface area contributed by atoms with E-state index in [1.54, 1.807) is 7.11 Å². The number of benzene rings is 1. The van der Waals surface area contributed by atoms with E-state index in [1.165, 1.54) is 0 Å². The molecule has 0 fully saturated rings. The number of carbonyl (C=O) groups is 2. The molecule has 0 unspecified atom stereocenters. The highest BCUT2D eigenvalue weighted by Crippen LogP contribution is 2.21. The highest BCUT2D eigenvalue weighted by atomic mass is 35.5. The molecular formula is C23H33ClN7O3+. The Balaban J connectivity index is 1.66. The molecule has 0 atom stereocenters. The Kier molecular flexibility index (Phi) is 10.2. The maximum atomic E-state index is 12.4. The van der Waals surface area contributed by atoms with Crippen LogP contribution < -0.4 is 21.1 Å². The van der Waals surface area contributed by atoms with Crippen LogP contribution in [0.5, 0.6) is 5.75 Å². The number of halogens is 1. The van der Waals surface area contributed by atoms with Crippen molar-refractivity contribution < 1.29 is 18.8 Å². The average molecular weight is 491 g/mol. The first-order valence-corrected chi connectivity index (χ1v) is 11.3. The van der Waals surface area contributed by atoms with Crippen molar-refractivity contribution in [2.45, 2.75) is 19.3 Å². The van der Waals surface area contributed by atoms with E-state index < -0.39 is 5.91 Å². The van der Waals surface area contributed by atoms with Crippen molar-refractivity contribution in [2.24, 2.45) is 4.99 Å². The molecule has 0 radical (unpaired) electrons. The molecule has 2 amide bonds. The van der Waals surface area contributed by atoms with Gasteiger partial charge in [-0.3, -0.25) is 9.59 Å². The van der Waals surface area contributed by atoms with E-state index in [1.807, 2.05) is 24.3 Å². The predicted octanol–water partition coefficient (Wildman–Crippen LogP) is 2.00. The van der Waals surface area contributed by atoms with Crippen molar-refractivity contribution in [1.29, 1.82) is 0 Å². The molecule has 0 bridgehead atoms. The summed E-state index contributed by atoms with van der Waals surface area (Å²) in [6.45, 7) is 6.06. The van der Waals surface area contributed by atoms with Crippen molar-refractivity contribution in [1.82, 2.24) is 20.6 Å². The second-order valence-electron chi connectivity index (χ2n) is 8.45. The van der Waals surface area contributed by atoms with Gasteiger partial charge in [0.25, 0.3) is 5.91 Å². The van der Waals surface area contributed by atoms with Crippen molar-refractivity contribution >= 4 is 41.8 Å². The first-order valence-electron chi connectivity index (χ1n) is 10.9. The molecule has 0 saturated heterocycles. The van der Waals surface area contributed by atoms with E-state index in [2.05, 4.69) is 46.4 Å². The molecule has 0 spiro atoms. The van der Waals surface area contributed by atoms with Gasteiger partial charge in [-0.1, -0.05) is 23.7 Å². The predicted molar refractivity (Wildman–Crippen MR) is 134 cm³/mol. The molecule has 11 heteroatoms. The van der Waals surface area contributed by atoms with Crippen LogP contribution in [0.1, 0.15) is 28.9 Å². The summed E-state index contributed by atoms with van der Waals surface area (Å²) < 4.78 is 5.83. The molecule has 0 aliphatic rings. The fourth-order valence-corrected chi connectivity index (χ4v) is 3.36. The number of amides is 2. The summed E-state index contributed by atoms with van der Waals surface area (Å²) in [6.07, 6.45) is 2.15. The van der Waals surface area contributed by atoms with Crippen molar-refractivity contribution in [3.63, 3.8) is 0 Å². The molecule has 1 aromatic heterocycles. The van der Waals surface area contributed by atoms with Crippen molar-refractivity contribution in [3.05, 3.63) is 40.7 Å². The fraction of sp³-hybridized carbons (Fsp3) is 0.435. The first-order chi connectivity index (χ1) is 16.1. The number of ether oxygens (including phenoxy) is 1. The Bertz CT molecular complexity index is 997. The number of hydrogen-bond donors (Lipinski definition) is 3. The van der Waals surface area contributed by atoms with Gasteiger partial charge in [0.2, 0.25) is 5.91 Å². The minimum absolute atomic E-state index is 0.000818. The van der Waals surface area contributed by atoms with E-state index in [9.17, 15) is 9.59 Å². The Morgan fingerprint density at radius 1 is 1.12 bits per heavy atom. The zero-order chi connectivity index (χ0) is 25.1. The number of nitrogens with one attached hydrogen (secondary N) is 2. The van der Waals surface area contributed by atoms with Crippen LogP contribution in [0.2, 0.25) is 5.15 Å². The Hall–Kier alpha value is -3.24. The Morgan fingerprint density at radius 3 is 2.47 bits per heavy atom. The molecular weight excluding hydrogens is 458 g/mol. The lowest BCUT2D eigenvalue weighted by atomic mass is 10.1. The van der Waals surface area contributed by atoms with E-state index in [4.69, 9.17) is 22.1 Å². The molecule has 0 aliphatic heterocycles. The van der Waals surface area contributed by atoms with Gasteiger partial charge in [0.1, 0.15) is 5.75 Å². The fourth-order valence-electron chi connectivity index (χ4n) is 3.23. The van der Waals surface area contributed by atoms with E-state index >= 15 is 0 Å². The highest BCUT2D eigenvalue weighted by molar-refractivity contribution is 6.31. The maximum Gasteiger partial charge on any atom is 0.274 e. The topological polar surface area (TPSA) is 132 Å².